The molecule has 0 aliphatic carbocycles. The van der Waals surface area contributed by atoms with Crippen LogP contribution in [-0.4, -0.2) is 12.2 Å². The van der Waals surface area contributed by atoms with Crippen LogP contribution >= 0.6 is 0 Å². The molecule has 0 aliphatic rings. The molecule has 0 aromatic heterocycles. The lowest BCUT2D eigenvalue weighted by Crippen LogP contribution is -2.01. The number of phenols is 1. The van der Waals surface area contributed by atoms with Crippen molar-refractivity contribution in [1.82, 2.24) is 0 Å². The molecule has 1 unspecified atom stereocenters. The third-order valence-electron chi connectivity index (χ3n) is 2.64. The van der Waals surface area contributed by atoms with E-state index in [1.54, 1.807) is 13.2 Å². The zero-order valence-corrected chi connectivity index (χ0v) is 9.57. The molecule has 1 rings (SSSR count). The van der Waals surface area contributed by atoms with Crippen LogP contribution in [0, 0.1) is 0 Å². The molecule has 0 spiro atoms. The van der Waals surface area contributed by atoms with Gasteiger partial charge in [0.05, 0.1) is 6.10 Å². The molecule has 0 saturated carbocycles. The highest BCUT2D eigenvalue weighted by Gasteiger charge is 2.13. The maximum Gasteiger partial charge on any atom is 0.121 e. The van der Waals surface area contributed by atoms with Gasteiger partial charge in [-0.05, 0) is 12.5 Å². The van der Waals surface area contributed by atoms with Gasteiger partial charge in [0, 0.05) is 12.7 Å². The largest absolute Gasteiger partial charge is 0.508 e. The lowest BCUT2D eigenvalue weighted by molar-refractivity contribution is 0.0910. The number of methoxy groups -OCH3 is 1. The Balaban J connectivity index is 2.61. The zero-order chi connectivity index (χ0) is 11.1. The summed E-state index contributed by atoms with van der Waals surface area (Å²) in [4.78, 5) is 0. The summed E-state index contributed by atoms with van der Waals surface area (Å²) in [5, 5.41) is 9.69. The molecular weight excluding hydrogens is 188 g/mol. The topological polar surface area (TPSA) is 29.5 Å². The van der Waals surface area contributed by atoms with Crippen molar-refractivity contribution in [2.75, 3.05) is 7.11 Å². The first-order chi connectivity index (χ1) is 7.29. The molecule has 0 bridgehead atoms. The van der Waals surface area contributed by atoms with Gasteiger partial charge in [0.2, 0.25) is 0 Å². The first-order valence-electron chi connectivity index (χ1n) is 5.60. The Morgan fingerprint density at radius 3 is 2.60 bits per heavy atom. The fraction of sp³-hybridized carbons (Fsp3) is 0.538. The van der Waals surface area contributed by atoms with Crippen LogP contribution in [0.25, 0.3) is 0 Å². The molecule has 1 atom stereocenters. The summed E-state index contributed by atoms with van der Waals surface area (Å²) < 4.78 is 5.40. The van der Waals surface area contributed by atoms with Crippen LogP contribution in [0.3, 0.4) is 0 Å². The molecule has 0 radical (unpaired) electrons. The minimum atomic E-state index is 0.0257. The van der Waals surface area contributed by atoms with Gasteiger partial charge in [0.25, 0.3) is 0 Å². The number of hydrogen-bond acceptors (Lipinski definition) is 2. The maximum absolute atomic E-state index is 9.69. The van der Waals surface area contributed by atoms with Gasteiger partial charge in [-0.3, -0.25) is 0 Å². The SMILES string of the molecule is CCCCCC(OC)c1ccccc1O. The highest BCUT2D eigenvalue weighted by Crippen LogP contribution is 2.29. The summed E-state index contributed by atoms with van der Waals surface area (Å²) >= 11 is 0. The van der Waals surface area contributed by atoms with Crippen molar-refractivity contribution < 1.29 is 9.84 Å². The Hall–Kier alpha value is -1.02. The van der Waals surface area contributed by atoms with E-state index in [0.29, 0.717) is 5.75 Å². The smallest absolute Gasteiger partial charge is 0.121 e. The second-order valence-electron chi connectivity index (χ2n) is 3.78. The van der Waals surface area contributed by atoms with Gasteiger partial charge >= 0.3 is 0 Å². The molecule has 84 valence electrons. The molecule has 2 heteroatoms. The van der Waals surface area contributed by atoms with E-state index in [9.17, 15) is 5.11 Å². The number of phenolic OH excluding ortho intramolecular Hbond substituents is 1. The van der Waals surface area contributed by atoms with E-state index >= 15 is 0 Å². The zero-order valence-electron chi connectivity index (χ0n) is 9.57. The van der Waals surface area contributed by atoms with E-state index in [0.717, 1.165) is 18.4 Å². The Kier molecular flexibility index (Phi) is 5.19. The quantitative estimate of drug-likeness (QED) is 0.723. The van der Waals surface area contributed by atoms with Crippen molar-refractivity contribution in [1.29, 1.82) is 0 Å². The Bertz CT molecular complexity index is 284. The maximum atomic E-state index is 9.69. The standard InChI is InChI=1S/C13H20O2/c1-3-4-5-10-13(15-2)11-8-6-7-9-12(11)14/h6-9,13-14H,3-5,10H2,1-2H3. The number of hydrogen-bond donors (Lipinski definition) is 1. The van der Waals surface area contributed by atoms with Crippen LogP contribution in [0.1, 0.15) is 44.3 Å². The average molecular weight is 208 g/mol. The van der Waals surface area contributed by atoms with Crippen molar-refractivity contribution in [3.8, 4) is 5.75 Å². The van der Waals surface area contributed by atoms with Crippen molar-refractivity contribution >= 4 is 0 Å². The molecule has 0 aliphatic heterocycles. The van der Waals surface area contributed by atoms with E-state index in [4.69, 9.17) is 4.74 Å². The van der Waals surface area contributed by atoms with Crippen LogP contribution in [0.2, 0.25) is 0 Å². The van der Waals surface area contributed by atoms with Crippen molar-refractivity contribution in [3.63, 3.8) is 0 Å². The van der Waals surface area contributed by atoms with Crippen LogP contribution in [0.15, 0.2) is 24.3 Å². The van der Waals surface area contributed by atoms with Crippen LogP contribution in [0.5, 0.6) is 5.75 Å². The number of ether oxygens (including phenoxy) is 1. The summed E-state index contributed by atoms with van der Waals surface area (Å²) in [5.74, 6) is 0.334. The number of benzene rings is 1. The molecule has 0 heterocycles. The van der Waals surface area contributed by atoms with E-state index in [-0.39, 0.29) is 6.10 Å². The van der Waals surface area contributed by atoms with Gasteiger partial charge < -0.3 is 9.84 Å². The van der Waals surface area contributed by atoms with Crippen LogP contribution in [-0.2, 0) is 4.74 Å². The molecule has 0 saturated heterocycles. The van der Waals surface area contributed by atoms with Crippen molar-refractivity contribution in [2.45, 2.75) is 38.7 Å². The number of para-hydroxylation sites is 1. The molecule has 15 heavy (non-hydrogen) atoms. The highest BCUT2D eigenvalue weighted by atomic mass is 16.5. The lowest BCUT2D eigenvalue weighted by atomic mass is 10.0. The number of rotatable bonds is 6. The predicted octanol–water partition coefficient (Wildman–Crippen LogP) is 3.66. The first-order valence-corrected chi connectivity index (χ1v) is 5.60. The molecular formula is C13H20O2. The first kappa shape index (κ1) is 12.1. The predicted molar refractivity (Wildman–Crippen MR) is 62.0 cm³/mol. The Morgan fingerprint density at radius 1 is 1.27 bits per heavy atom. The third-order valence-corrected chi connectivity index (χ3v) is 2.64. The second-order valence-corrected chi connectivity index (χ2v) is 3.78. The summed E-state index contributed by atoms with van der Waals surface area (Å²) in [6, 6.07) is 7.40. The van der Waals surface area contributed by atoms with E-state index in [1.165, 1.54) is 12.8 Å². The van der Waals surface area contributed by atoms with Crippen molar-refractivity contribution in [2.24, 2.45) is 0 Å². The molecule has 0 amide bonds. The fourth-order valence-corrected chi connectivity index (χ4v) is 1.74. The fourth-order valence-electron chi connectivity index (χ4n) is 1.74. The number of unbranched alkanes of at least 4 members (excludes halogenated alkanes) is 2. The highest BCUT2D eigenvalue weighted by molar-refractivity contribution is 5.33. The van der Waals surface area contributed by atoms with Crippen molar-refractivity contribution in [3.05, 3.63) is 29.8 Å². The second kappa shape index (κ2) is 6.46. The Morgan fingerprint density at radius 2 is 2.00 bits per heavy atom. The van der Waals surface area contributed by atoms with Gasteiger partial charge in [-0.25, -0.2) is 0 Å². The molecule has 1 aromatic carbocycles. The van der Waals surface area contributed by atoms with Gasteiger partial charge in [0.1, 0.15) is 5.75 Å². The normalized spacial score (nSPS) is 12.7. The minimum absolute atomic E-state index is 0.0257. The average Bonchev–Trinajstić information content (AvgIpc) is 2.26. The summed E-state index contributed by atoms with van der Waals surface area (Å²) in [6.45, 7) is 2.18. The van der Waals surface area contributed by atoms with Gasteiger partial charge in [0.15, 0.2) is 0 Å². The third kappa shape index (κ3) is 3.56. The minimum Gasteiger partial charge on any atom is -0.508 e. The summed E-state index contributed by atoms with van der Waals surface area (Å²) in [5.41, 5.74) is 0.899. The van der Waals surface area contributed by atoms with E-state index in [1.807, 2.05) is 18.2 Å². The molecule has 1 N–H and O–H groups in total. The van der Waals surface area contributed by atoms with Gasteiger partial charge in [-0.2, -0.15) is 0 Å². The van der Waals surface area contributed by atoms with Gasteiger partial charge in [-0.15, -0.1) is 0 Å². The van der Waals surface area contributed by atoms with Crippen LogP contribution < -0.4 is 0 Å². The van der Waals surface area contributed by atoms with E-state index < -0.39 is 0 Å². The summed E-state index contributed by atoms with van der Waals surface area (Å²) in [6.07, 6.45) is 4.56. The lowest BCUT2D eigenvalue weighted by Gasteiger charge is -2.16. The number of aromatic hydroxyl groups is 1. The van der Waals surface area contributed by atoms with Gasteiger partial charge in [-0.1, -0.05) is 44.4 Å². The monoisotopic (exact) mass is 208 g/mol. The Labute approximate surface area is 91.9 Å². The molecule has 2 nitrogen and oxygen atoms in total. The molecule has 1 aromatic rings. The molecule has 0 fully saturated rings. The summed E-state index contributed by atoms with van der Waals surface area (Å²) in [7, 11) is 1.70. The van der Waals surface area contributed by atoms with E-state index in [2.05, 4.69) is 6.92 Å². The van der Waals surface area contributed by atoms with Crippen LogP contribution in [0.4, 0.5) is 0 Å².